The number of aliphatic carboxylic acids is 1. The number of carboxylic acid groups (broad SMARTS) is 1. The Bertz CT molecular complexity index is 244. The predicted molar refractivity (Wildman–Crippen MR) is 52.6 cm³/mol. The van der Waals surface area contributed by atoms with Crippen molar-refractivity contribution in [1.82, 2.24) is 10.6 Å². The fourth-order valence-electron chi connectivity index (χ4n) is 1.75. The molecule has 0 radical (unpaired) electrons. The summed E-state index contributed by atoms with van der Waals surface area (Å²) in [6.07, 6.45) is 2.86. The van der Waals surface area contributed by atoms with E-state index in [1.165, 1.54) is 0 Å². The number of urea groups is 1. The highest BCUT2D eigenvalue weighted by Crippen LogP contribution is 2.21. The van der Waals surface area contributed by atoms with E-state index in [9.17, 15) is 9.59 Å². The maximum absolute atomic E-state index is 11.2. The summed E-state index contributed by atoms with van der Waals surface area (Å²) in [4.78, 5) is 21.4. The molecule has 0 spiro atoms. The lowest BCUT2D eigenvalue weighted by molar-refractivity contribution is -0.135. The average Bonchev–Trinajstić information content (AvgIpc) is 2.62. The van der Waals surface area contributed by atoms with Gasteiger partial charge in [-0.3, -0.25) is 4.79 Å². The summed E-state index contributed by atoms with van der Waals surface area (Å²) in [6, 6.07) is -0.463. The molecular weight excluding hydrogens is 200 g/mol. The summed E-state index contributed by atoms with van der Waals surface area (Å²) in [5, 5.41) is 13.3. The van der Waals surface area contributed by atoms with E-state index < -0.39 is 12.0 Å². The highest BCUT2D eigenvalue weighted by atomic mass is 16.5. The summed E-state index contributed by atoms with van der Waals surface area (Å²) in [6.45, 7) is -0.365. The van der Waals surface area contributed by atoms with Crippen LogP contribution in [0.3, 0.4) is 0 Å². The van der Waals surface area contributed by atoms with Gasteiger partial charge in [0.1, 0.15) is 6.54 Å². The molecule has 15 heavy (non-hydrogen) atoms. The van der Waals surface area contributed by atoms with E-state index in [2.05, 4.69) is 10.6 Å². The predicted octanol–water partition coefficient (Wildman–Crippen LogP) is -0.0623. The van der Waals surface area contributed by atoms with Crippen molar-refractivity contribution in [2.45, 2.75) is 31.4 Å². The minimum atomic E-state index is -1.06. The van der Waals surface area contributed by atoms with E-state index in [1.54, 1.807) is 7.11 Å². The largest absolute Gasteiger partial charge is 0.480 e. The maximum Gasteiger partial charge on any atom is 0.323 e. The molecular formula is C9H16N2O4. The van der Waals surface area contributed by atoms with Crippen molar-refractivity contribution in [3.63, 3.8) is 0 Å². The van der Waals surface area contributed by atoms with E-state index in [1.807, 2.05) is 0 Å². The number of nitrogens with one attached hydrogen (secondary N) is 2. The average molecular weight is 216 g/mol. The van der Waals surface area contributed by atoms with E-state index in [0.717, 1.165) is 19.3 Å². The Hall–Kier alpha value is -1.30. The topological polar surface area (TPSA) is 87.7 Å². The van der Waals surface area contributed by atoms with Crippen LogP contribution < -0.4 is 10.6 Å². The Morgan fingerprint density at radius 2 is 2.20 bits per heavy atom. The summed E-state index contributed by atoms with van der Waals surface area (Å²) in [5.41, 5.74) is 0. The van der Waals surface area contributed by atoms with Crippen LogP contribution in [-0.4, -0.2) is 42.9 Å². The molecule has 0 aromatic heterocycles. The molecule has 6 nitrogen and oxygen atoms in total. The van der Waals surface area contributed by atoms with Crippen LogP contribution in [0, 0.1) is 0 Å². The molecule has 1 aliphatic rings. The minimum Gasteiger partial charge on any atom is -0.480 e. The third-order valence-corrected chi connectivity index (χ3v) is 2.47. The van der Waals surface area contributed by atoms with Crippen LogP contribution in [0.1, 0.15) is 19.3 Å². The van der Waals surface area contributed by atoms with Gasteiger partial charge in [-0.1, -0.05) is 0 Å². The van der Waals surface area contributed by atoms with Gasteiger partial charge < -0.3 is 20.5 Å². The van der Waals surface area contributed by atoms with Crippen LogP contribution in [0.2, 0.25) is 0 Å². The highest BCUT2D eigenvalue weighted by molar-refractivity contribution is 5.80. The van der Waals surface area contributed by atoms with Gasteiger partial charge in [-0.25, -0.2) is 4.79 Å². The molecule has 2 amide bonds. The first kappa shape index (κ1) is 11.8. The molecule has 6 heteroatoms. The first-order valence-corrected chi connectivity index (χ1v) is 4.92. The van der Waals surface area contributed by atoms with Crippen LogP contribution in [0.4, 0.5) is 4.79 Å². The quantitative estimate of drug-likeness (QED) is 0.614. The zero-order valence-corrected chi connectivity index (χ0v) is 8.66. The van der Waals surface area contributed by atoms with Crippen LogP contribution in [0.5, 0.6) is 0 Å². The van der Waals surface area contributed by atoms with Crippen molar-refractivity contribution < 1.29 is 19.4 Å². The highest BCUT2D eigenvalue weighted by Gasteiger charge is 2.28. The van der Waals surface area contributed by atoms with Gasteiger partial charge in [-0.05, 0) is 19.3 Å². The normalized spacial score (nSPS) is 24.9. The van der Waals surface area contributed by atoms with Crippen LogP contribution in [-0.2, 0) is 9.53 Å². The van der Waals surface area contributed by atoms with Gasteiger partial charge in [-0.2, -0.15) is 0 Å². The third-order valence-electron chi connectivity index (χ3n) is 2.47. The Balaban J connectivity index is 2.27. The Morgan fingerprint density at radius 1 is 1.47 bits per heavy atom. The number of carbonyl (C=O) groups is 2. The van der Waals surface area contributed by atoms with Crippen molar-refractivity contribution in [3.8, 4) is 0 Å². The maximum atomic E-state index is 11.2. The second-order valence-corrected chi connectivity index (χ2v) is 3.53. The SMILES string of the molecule is COC1CCCC1NC(=O)NCC(=O)O. The number of rotatable bonds is 4. The molecule has 0 heterocycles. The van der Waals surface area contributed by atoms with Crippen molar-refractivity contribution in [3.05, 3.63) is 0 Å². The molecule has 0 aromatic carbocycles. The lowest BCUT2D eigenvalue weighted by Crippen LogP contribution is -2.47. The molecule has 1 aliphatic carbocycles. The molecule has 1 saturated carbocycles. The van der Waals surface area contributed by atoms with Gasteiger partial charge in [0.25, 0.3) is 0 Å². The molecule has 1 fully saturated rings. The standard InChI is InChI=1S/C9H16N2O4/c1-15-7-4-2-3-6(7)11-9(14)10-5-8(12)13/h6-7H,2-5H2,1H3,(H,12,13)(H2,10,11,14). The summed E-state index contributed by atoms with van der Waals surface area (Å²) < 4.78 is 5.19. The summed E-state index contributed by atoms with van der Waals surface area (Å²) in [5.74, 6) is -1.06. The third kappa shape index (κ3) is 3.75. The fourth-order valence-corrected chi connectivity index (χ4v) is 1.75. The molecule has 0 aromatic rings. The molecule has 1 rings (SSSR count). The van der Waals surface area contributed by atoms with Gasteiger partial charge >= 0.3 is 12.0 Å². The lowest BCUT2D eigenvalue weighted by Gasteiger charge is -2.19. The number of methoxy groups -OCH3 is 1. The number of carboxylic acids is 1. The monoisotopic (exact) mass is 216 g/mol. The fraction of sp³-hybridized carbons (Fsp3) is 0.778. The molecule has 0 bridgehead atoms. The molecule has 2 atom stereocenters. The number of hydrogen-bond acceptors (Lipinski definition) is 3. The van der Waals surface area contributed by atoms with E-state index >= 15 is 0 Å². The number of amides is 2. The van der Waals surface area contributed by atoms with Crippen LogP contribution in [0.25, 0.3) is 0 Å². The molecule has 86 valence electrons. The summed E-state index contributed by atoms with van der Waals surface area (Å²) >= 11 is 0. The summed E-state index contributed by atoms with van der Waals surface area (Å²) in [7, 11) is 1.61. The zero-order chi connectivity index (χ0) is 11.3. The molecule has 2 unspecified atom stereocenters. The first-order valence-electron chi connectivity index (χ1n) is 4.92. The van der Waals surface area contributed by atoms with Gasteiger partial charge in [0.2, 0.25) is 0 Å². The van der Waals surface area contributed by atoms with Crippen LogP contribution in [0.15, 0.2) is 0 Å². The first-order chi connectivity index (χ1) is 7.13. The number of ether oxygens (including phenoxy) is 1. The van der Waals surface area contributed by atoms with Crippen molar-refractivity contribution in [1.29, 1.82) is 0 Å². The van der Waals surface area contributed by atoms with Gasteiger partial charge in [0, 0.05) is 7.11 Å². The second-order valence-electron chi connectivity index (χ2n) is 3.53. The van der Waals surface area contributed by atoms with Crippen molar-refractivity contribution in [2.75, 3.05) is 13.7 Å². The second kappa shape index (κ2) is 5.55. The van der Waals surface area contributed by atoms with Crippen molar-refractivity contribution in [2.24, 2.45) is 0 Å². The van der Waals surface area contributed by atoms with Crippen LogP contribution >= 0.6 is 0 Å². The smallest absolute Gasteiger partial charge is 0.323 e. The van der Waals surface area contributed by atoms with E-state index in [4.69, 9.17) is 9.84 Å². The molecule has 3 N–H and O–H groups in total. The van der Waals surface area contributed by atoms with E-state index in [0.29, 0.717) is 0 Å². The molecule has 0 saturated heterocycles. The van der Waals surface area contributed by atoms with Gasteiger partial charge in [-0.15, -0.1) is 0 Å². The van der Waals surface area contributed by atoms with Gasteiger partial charge in [0.15, 0.2) is 0 Å². The number of hydrogen-bond donors (Lipinski definition) is 3. The zero-order valence-electron chi connectivity index (χ0n) is 8.66. The Kier molecular flexibility index (Phi) is 4.36. The number of carbonyl (C=O) groups excluding carboxylic acids is 1. The van der Waals surface area contributed by atoms with E-state index in [-0.39, 0.29) is 18.7 Å². The Morgan fingerprint density at radius 3 is 2.80 bits per heavy atom. The lowest BCUT2D eigenvalue weighted by atomic mass is 10.2. The molecule has 0 aliphatic heterocycles. The van der Waals surface area contributed by atoms with Gasteiger partial charge in [0.05, 0.1) is 12.1 Å². The van der Waals surface area contributed by atoms with Crippen molar-refractivity contribution >= 4 is 12.0 Å². The Labute approximate surface area is 88.0 Å². The minimum absolute atomic E-state index is 0.0104.